The van der Waals surface area contributed by atoms with Crippen LogP contribution >= 0.6 is 0 Å². The topological polar surface area (TPSA) is 18.5 Å². The van der Waals surface area contributed by atoms with Gasteiger partial charge in [-0.3, -0.25) is 0 Å². The van der Waals surface area contributed by atoms with Crippen molar-refractivity contribution in [3.63, 3.8) is 0 Å². The molecule has 1 heterocycles. The van der Waals surface area contributed by atoms with Gasteiger partial charge in [-0.25, -0.2) is 0 Å². The van der Waals surface area contributed by atoms with Crippen molar-refractivity contribution in [1.29, 1.82) is 0 Å². The molecule has 0 saturated carbocycles. The average molecular weight is 194 g/mol. The Kier molecular flexibility index (Phi) is 4.30. The summed E-state index contributed by atoms with van der Waals surface area (Å²) in [7, 11) is 0. The van der Waals surface area contributed by atoms with Gasteiger partial charge in [-0.15, -0.1) is 0 Å². The molecule has 0 N–H and O–H groups in total. The highest BCUT2D eigenvalue weighted by molar-refractivity contribution is 5.25. The first-order valence-corrected chi connectivity index (χ1v) is 5.08. The van der Waals surface area contributed by atoms with Crippen LogP contribution in [0.4, 0.5) is 0 Å². The molecule has 0 radical (unpaired) electrons. The maximum Gasteiger partial charge on any atom is 0.160 e. The van der Waals surface area contributed by atoms with E-state index in [1.165, 1.54) is 0 Å². The van der Waals surface area contributed by atoms with E-state index in [0.717, 1.165) is 24.5 Å². The Labute approximate surface area is 85.9 Å². The zero-order valence-corrected chi connectivity index (χ0v) is 8.95. The van der Waals surface area contributed by atoms with Crippen LogP contribution in [-0.2, 0) is 9.47 Å². The van der Waals surface area contributed by atoms with Gasteiger partial charge in [0.1, 0.15) is 0 Å². The summed E-state index contributed by atoms with van der Waals surface area (Å²) in [6.07, 6.45) is 6.74. The van der Waals surface area contributed by atoms with Crippen LogP contribution in [0.3, 0.4) is 0 Å². The molecule has 0 aromatic carbocycles. The summed E-state index contributed by atoms with van der Waals surface area (Å²) in [5.41, 5.74) is 0. The van der Waals surface area contributed by atoms with Gasteiger partial charge in [0.15, 0.2) is 11.5 Å². The fourth-order valence-corrected chi connectivity index (χ4v) is 1.36. The van der Waals surface area contributed by atoms with Crippen LogP contribution in [0.1, 0.15) is 20.3 Å². The number of allylic oxidation sites excluding steroid dienone is 3. The van der Waals surface area contributed by atoms with Crippen LogP contribution in [-0.4, -0.2) is 13.2 Å². The quantitative estimate of drug-likeness (QED) is 0.506. The molecule has 1 aliphatic heterocycles. The molecule has 1 unspecified atom stereocenters. The van der Waals surface area contributed by atoms with Crippen molar-refractivity contribution in [2.75, 3.05) is 13.2 Å². The molecule has 0 aromatic heterocycles. The highest BCUT2D eigenvalue weighted by atomic mass is 16.5. The van der Waals surface area contributed by atoms with Crippen molar-refractivity contribution >= 4 is 0 Å². The Morgan fingerprint density at radius 1 is 1.79 bits per heavy atom. The Hall–Kier alpha value is -1.18. The van der Waals surface area contributed by atoms with Gasteiger partial charge in [0.2, 0.25) is 0 Å². The van der Waals surface area contributed by atoms with Gasteiger partial charge in [-0.1, -0.05) is 19.6 Å². The largest absolute Gasteiger partial charge is 0.490 e. The number of hydrogen-bond acceptors (Lipinski definition) is 2. The highest BCUT2D eigenvalue weighted by Crippen LogP contribution is 2.22. The van der Waals surface area contributed by atoms with Crippen LogP contribution in [0, 0.1) is 5.92 Å². The van der Waals surface area contributed by atoms with Gasteiger partial charge in [0, 0.05) is 0 Å². The second-order valence-corrected chi connectivity index (χ2v) is 3.34. The van der Waals surface area contributed by atoms with Crippen LogP contribution in [0.5, 0.6) is 0 Å². The first kappa shape index (κ1) is 10.9. The fraction of sp³-hybridized carbons (Fsp3) is 0.500. The fourth-order valence-electron chi connectivity index (χ4n) is 1.36. The van der Waals surface area contributed by atoms with Gasteiger partial charge in [-0.2, -0.15) is 0 Å². The van der Waals surface area contributed by atoms with Crippen LogP contribution in [0.2, 0.25) is 0 Å². The van der Waals surface area contributed by atoms with E-state index in [1.807, 2.05) is 13.0 Å². The molecule has 2 heteroatoms. The van der Waals surface area contributed by atoms with E-state index in [-0.39, 0.29) is 0 Å². The summed E-state index contributed by atoms with van der Waals surface area (Å²) < 4.78 is 11.0. The lowest BCUT2D eigenvalue weighted by Gasteiger charge is -2.20. The molecule has 14 heavy (non-hydrogen) atoms. The standard InChI is InChI=1S/C12H18O2/c1-4-6-11(13-5-2)12-9-10(3)7-8-14-12/h4,6,9-10H,1,5,7-8H2,2-3H3/b11-6+. The summed E-state index contributed by atoms with van der Waals surface area (Å²) in [6.45, 7) is 9.22. The zero-order valence-electron chi connectivity index (χ0n) is 8.95. The highest BCUT2D eigenvalue weighted by Gasteiger charge is 2.14. The van der Waals surface area contributed by atoms with Crippen LogP contribution in [0.25, 0.3) is 0 Å². The van der Waals surface area contributed by atoms with Crippen molar-refractivity contribution in [2.45, 2.75) is 20.3 Å². The number of ether oxygens (including phenoxy) is 2. The number of rotatable bonds is 4. The van der Waals surface area contributed by atoms with E-state index in [9.17, 15) is 0 Å². The molecule has 1 rings (SSSR count). The summed E-state index contributed by atoms with van der Waals surface area (Å²) in [6, 6.07) is 0. The molecular weight excluding hydrogens is 176 g/mol. The third-order valence-electron chi connectivity index (χ3n) is 2.08. The van der Waals surface area contributed by atoms with Gasteiger partial charge >= 0.3 is 0 Å². The SMILES string of the molecule is C=C/C=C(/OCC)C1=CC(C)CCO1. The van der Waals surface area contributed by atoms with Gasteiger partial charge in [0.05, 0.1) is 13.2 Å². The predicted octanol–water partition coefficient (Wildman–Crippen LogP) is 3.03. The van der Waals surface area contributed by atoms with Crippen LogP contribution < -0.4 is 0 Å². The summed E-state index contributed by atoms with van der Waals surface area (Å²) in [5.74, 6) is 2.20. The van der Waals surface area contributed by atoms with Crippen molar-refractivity contribution in [3.05, 3.63) is 36.3 Å². The second-order valence-electron chi connectivity index (χ2n) is 3.34. The summed E-state index contributed by atoms with van der Waals surface area (Å²) in [4.78, 5) is 0. The van der Waals surface area contributed by atoms with E-state index in [0.29, 0.717) is 12.5 Å². The Morgan fingerprint density at radius 2 is 2.57 bits per heavy atom. The molecule has 2 nitrogen and oxygen atoms in total. The molecule has 0 saturated heterocycles. The maximum atomic E-state index is 5.54. The minimum absolute atomic E-state index is 0.562. The van der Waals surface area contributed by atoms with Crippen molar-refractivity contribution in [2.24, 2.45) is 5.92 Å². The molecule has 78 valence electrons. The first-order chi connectivity index (χ1) is 6.77. The molecule has 0 fully saturated rings. The molecule has 1 atom stereocenters. The molecular formula is C12H18O2. The summed E-state index contributed by atoms with van der Waals surface area (Å²) >= 11 is 0. The molecule has 0 bridgehead atoms. The van der Waals surface area contributed by atoms with E-state index in [2.05, 4.69) is 19.6 Å². The Balaban J connectivity index is 2.76. The molecule has 1 aliphatic rings. The van der Waals surface area contributed by atoms with Gasteiger partial charge in [0.25, 0.3) is 0 Å². The zero-order chi connectivity index (χ0) is 10.4. The van der Waals surface area contributed by atoms with Gasteiger partial charge < -0.3 is 9.47 Å². The minimum atomic E-state index is 0.562. The predicted molar refractivity (Wildman–Crippen MR) is 57.7 cm³/mol. The lowest BCUT2D eigenvalue weighted by Crippen LogP contribution is -2.11. The molecule has 0 spiro atoms. The van der Waals surface area contributed by atoms with Crippen molar-refractivity contribution in [1.82, 2.24) is 0 Å². The van der Waals surface area contributed by atoms with Crippen molar-refractivity contribution in [3.8, 4) is 0 Å². The maximum absolute atomic E-state index is 5.54. The molecule has 0 aromatic rings. The van der Waals surface area contributed by atoms with E-state index < -0.39 is 0 Å². The smallest absolute Gasteiger partial charge is 0.160 e. The Bertz CT molecular complexity index is 251. The van der Waals surface area contributed by atoms with Crippen LogP contribution in [0.15, 0.2) is 36.3 Å². The monoisotopic (exact) mass is 194 g/mol. The number of hydrogen-bond donors (Lipinski definition) is 0. The first-order valence-electron chi connectivity index (χ1n) is 5.08. The molecule has 0 aliphatic carbocycles. The average Bonchev–Trinajstić information content (AvgIpc) is 2.17. The summed E-state index contributed by atoms with van der Waals surface area (Å²) in [5, 5.41) is 0. The third-order valence-corrected chi connectivity index (χ3v) is 2.08. The normalized spacial score (nSPS) is 22.3. The van der Waals surface area contributed by atoms with E-state index in [4.69, 9.17) is 9.47 Å². The minimum Gasteiger partial charge on any atom is -0.490 e. The van der Waals surface area contributed by atoms with Crippen molar-refractivity contribution < 1.29 is 9.47 Å². The lowest BCUT2D eigenvalue weighted by molar-refractivity contribution is 0.137. The second kappa shape index (κ2) is 5.53. The Morgan fingerprint density at radius 3 is 3.14 bits per heavy atom. The lowest BCUT2D eigenvalue weighted by atomic mass is 10.1. The van der Waals surface area contributed by atoms with E-state index in [1.54, 1.807) is 6.08 Å². The van der Waals surface area contributed by atoms with E-state index >= 15 is 0 Å². The molecule has 0 amide bonds. The van der Waals surface area contributed by atoms with Gasteiger partial charge in [-0.05, 0) is 31.4 Å². The third kappa shape index (κ3) is 2.95.